The summed E-state index contributed by atoms with van der Waals surface area (Å²) in [6.07, 6.45) is 0.985. The second-order valence-electron chi connectivity index (χ2n) is 3.81. The molecule has 1 aromatic heterocycles. The van der Waals surface area contributed by atoms with E-state index < -0.39 is 0 Å². The van der Waals surface area contributed by atoms with E-state index in [4.69, 9.17) is 11.6 Å². The van der Waals surface area contributed by atoms with E-state index in [1.807, 2.05) is 24.3 Å². The average molecular weight is 343 g/mol. The van der Waals surface area contributed by atoms with Crippen LogP contribution in [0.25, 0.3) is 0 Å². The molecule has 0 bridgehead atoms. The zero-order valence-electron chi connectivity index (χ0n) is 10.3. The number of rotatable bonds is 5. The molecule has 0 aliphatic carbocycles. The fourth-order valence-corrected chi connectivity index (χ4v) is 1.81. The van der Waals surface area contributed by atoms with Gasteiger partial charge in [-0.05, 0) is 42.3 Å². The van der Waals surface area contributed by atoms with Gasteiger partial charge in [-0.3, -0.25) is 0 Å². The van der Waals surface area contributed by atoms with Crippen molar-refractivity contribution in [3.63, 3.8) is 0 Å². The van der Waals surface area contributed by atoms with Gasteiger partial charge in [-0.25, -0.2) is 0 Å². The second-order valence-corrected chi connectivity index (χ2v) is 5.06. The first-order valence-corrected chi connectivity index (χ1v) is 7.02. The molecule has 0 unspecified atom stereocenters. The Balaban J connectivity index is 2.15. The van der Waals surface area contributed by atoms with Crippen molar-refractivity contribution in [3.8, 4) is 0 Å². The summed E-state index contributed by atoms with van der Waals surface area (Å²) in [6.45, 7) is 2.86. The zero-order chi connectivity index (χ0) is 13.7. The monoisotopic (exact) mass is 341 g/mol. The van der Waals surface area contributed by atoms with Crippen LogP contribution < -0.4 is 10.6 Å². The molecule has 2 aromatic rings. The summed E-state index contributed by atoms with van der Waals surface area (Å²) in [7, 11) is 0. The quantitative estimate of drug-likeness (QED) is 0.864. The summed E-state index contributed by atoms with van der Waals surface area (Å²) >= 11 is 9.25. The molecule has 0 aliphatic rings. The molecule has 0 saturated heterocycles. The first kappa shape index (κ1) is 14.0. The molecule has 0 radical (unpaired) electrons. The van der Waals surface area contributed by atoms with Crippen LogP contribution in [0.2, 0.25) is 5.28 Å². The highest BCUT2D eigenvalue weighted by molar-refractivity contribution is 9.10. The smallest absolute Gasteiger partial charge is 0.233 e. The molecular weight excluding hydrogens is 330 g/mol. The van der Waals surface area contributed by atoms with Crippen molar-refractivity contribution in [3.05, 3.63) is 34.0 Å². The number of anilines is 3. The molecule has 0 amide bonds. The third-order valence-electron chi connectivity index (χ3n) is 2.24. The highest BCUT2D eigenvalue weighted by atomic mass is 79.9. The van der Waals surface area contributed by atoms with E-state index in [-0.39, 0.29) is 5.28 Å². The third kappa shape index (κ3) is 4.33. The lowest BCUT2D eigenvalue weighted by molar-refractivity contribution is 0.940. The van der Waals surface area contributed by atoms with Crippen LogP contribution in [0, 0.1) is 0 Å². The van der Waals surface area contributed by atoms with Crippen LogP contribution in [0.4, 0.5) is 17.6 Å². The summed E-state index contributed by atoms with van der Waals surface area (Å²) in [5, 5.41) is 6.32. The minimum Gasteiger partial charge on any atom is -0.354 e. The van der Waals surface area contributed by atoms with Crippen molar-refractivity contribution < 1.29 is 0 Å². The summed E-state index contributed by atoms with van der Waals surface area (Å²) in [4.78, 5) is 12.3. The molecule has 2 N–H and O–H groups in total. The topological polar surface area (TPSA) is 62.7 Å². The normalized spacial score (nSPS) is 10.3. The summed E-state index contributed by atoms with van der Waals surface area (Å²) in [6, 6.07) is 7.70. The molecule has 7 heteroatoms. The van der Waals surface area contributed by atoms with E-state index in [0.717, 1.165) is 23.1 Å². The van der Waals surface area contributed by atoms with Crippen molar-refractivity contribution in [2.75, 3.05) is 17.2 Å². The molecule has 0 atom stereocenters. The van der Waals surface area contributed by atoms with E-state index in [1.165, 1.54) is 0 Å². The van der Waals surface area contributed by atoms with E-state index in [2.05, 4.69) is 48.4 Å². The highest BCUT2D eigenvalue weighted by Crippen LogP contribution is 2.18. The lowest BCUT2D eigenvalue weighted by atomic mass is 10.3. The third-order valence-corrected chi connectivity index (χ3v) is 2.94. The number of benzene rings is 1. The molecule has 19 heavy (non-hydrogen) atoms. The predicted molar refractivity (Wildman–Crippen MR) is 81.0 cm³/mol. The molecule has 100 valence electrons. The molecule has 0 aliphatic heterocycles. The highest BCUT2D eigenvalue weighted by Gasteiger charge is 2.04. The Bertz CT molecular complexity index is 546. The minimum atomic E-state index is 0.160. The predicted octanol–water partition coefficient (Wildman–Crippen LogP) is 3.85. The summed E-state index contributed by atoms with van der Waals surface area (Å²) in [5.41, 5.74) is 0.881. The second kappa shape index (κ2) is 6.68. The maximum Gasteiger partial charge on any atom is 0.233 e. The molecule has 5 nitrogen and oxygen atoms in total. The first-order chi connectivity index (χ1) is 9.17. The van der Waals surface area contributed by atoms with Gasteiger partial charge in [0.1, 0.15) is 0 Å². The number of nitrogens with zero attached hydrogens (tertiary/aromatic N) is 3. The number of halogens is 2. The minimum absolute atomic E-state index is 0.160. The average Bonchev–Trinajstić information content (AvgIpc) is 2.38. The number of hydrogen-bond acceptors (Lipinski definition) is 5. The molecule has 1 aromatic carbocycles. The van der Waals surface area contributed by atoms with Crippen LogP contribution >= 0.6 is 27.5 Å². The lowest BCUT2D eigenvalue weighted by Gasteiger charge is -2.07. The molecule has 0 spiro atoms. The molecule has 0 saturated carbocycles. The summed E-state index contributed by atoms with van der Waals surface area (Å²) in [5.74, 6) is 0.891. The van der Waals surface area contributed by atoms with Crippen LogP contribution in [-0.2, 0) is 0 Å². The van der Waals surface area contributed by atoms with Gasteiger partial charge >= 0.3 is 0 Å². The van der Waals surface area contributed by atoms with Gasteiger partial charge in [-0.15, -0.1) is 0 Å². The van der Waals surface area contributed by atoms with Crippen LogP contribution in [0.15, 0.2) is 28.7 Å². The largest absolute Gasteiger partial charge is 0.354 e. The van der Waals surface area contributed by atoms with Crippen LogP contribution in [0.1, 0.15) is 13.3 Å². The number of nitrogens with one attached hydrogen (secondary N) is 2. The van der Waals surface area contributed by atoms with Crippen molar-refractivity contribution in [1.29, 1.82) is 0 Å². The standard InChI is InChI=1S/C12H13BrClN5/c1-2-7-15-11-17-10(14)18-12(19-11)16-9-5-3-8(13)4-6-9/h3-6H,2,7H2,1H3,(H2,15,16,17,18,19). The Labute approximate surface area is 125 Å². The number of aromatic nitrogens is 3. The van der Waals surface area contributed by atoms with E-state index in [9.17, 15) is 0 Å². The molecular formula is C12H13BrClN5. The molecule has 1 heterocycles. The van der Waals surface area contributed by atoms with Crippen molar-refractivity contribution in [2.45, 2.75) is 13.3 Å². The first-order valence-electron chi connectivity index (χ1n) is 5.85. The Morgan fingerprint density at radius 2 is 1.79 bits per heavy atom. The van der Waals surface area contributed by atoms with E-state index in [0.29, 0.717) is 11.9 Å². The fourth-order valence-electron chi connectivity index (χ4n) is 1.38. The summed E-state index contributed by atoms with van der Waals surface area (Å²) < 4.78 is 1.01. The van der Waals surface area contributed by atoms with Gasteiger partial charge < -0.3 is 10.6 Å². The Morgan fingerprint density at radius 3 is 2.47 bits per heavy atom. The van der Waals surface area contributed by atoms with Gasteiger partial charge in [0, 0.05) is 16.7 Å². The van der Waals surface area contributed by atoms with E-state index >= 15 is 0 Å². The van der Waals surface area contributed by atoms with Crippen LogP contribution in [-0.4, -0.2) is 21.5 Å². The SMILES string of the molecule is CCCNc1nc(Cl)nc(Nc2ccc(Br)cc2)n1. The maximum atomic E-state index is 5.87. The van der Waals surface area contributed by atoms with Gasteiger partial charge in [0.25, 0.3) is 0 Å². The number of hydrogen-bond donors (Lipinski definition) is 2. The Hall–Kier alpha value is -1.40. The van der Waals surface area contributed by atoms with Gasteiger partial charge in [-0.1, -0.05) is 22.9 Å². The van der Waals surface area contributed by atoms with Crippen LogP contribution in [0.5, 0.6) is 0 Å². The van der Waals surface area contributed by atoms with Crippen LogP contribution in [0.3, 0.4) is 0 Å². The van der Waals surface area contributed by atoms with Gasteiger partial charge in [0.15, 0.2) is 0 Å². The van der Waals surface area contributed by atoms with Crippen molar-refractivity contribution in [2.24, 2.45) is 0 Å². The molecule has 0 fully saturated rings. The lowest BCUT2D eigenvalue weighted by Crippen LogP contribution is -2.07. The Morgan fingerprint density at radius 1 is 1.11 bits per heavy atom. The van der Waals surface area contributed by atoms with E-state index in [1.54, 1.807) is 0 Å². The van der Waals surface area contributed by atoms with Gasteiger partial charge in [0.05, 0.1) is 0 Å². The van der Waals surface area contributed by atoms with Crippen molar-refractivity contribution in [1.82, 2.24) is 15.0 Å². The maximum absolute atomic E-state index is 5.87. The zero-order valence-corrected chi connectivity index (χ0v) is 12.7. The van der Waals surface area contributed by atoms with Gasteiger partial charge in [-0.2, -0.15) is 15.0 Å². The molecule has 2 rings (SSSR count). The Kier molecular flexibility index (Phi) is 4.93. The van der Waals surface area contributed by atoms with Crippen molar-refractivity contribution >= 4 is 45.1 Å². The van der Waals surface area contributed by atoms with Gasteiger partial charge in [0.2, 0.25) is 17.2 Å². The fraction of sp³-hybridized carbons (Fsp3) is 0.250.